The minimum atomic E-state index is 0.732. The van der Waals surface area contributed by atoms with Gasteiger partial charge in [-0.25, -0.2) is 9.67 Å². The number of rotatable bonds is 4. The van der Waals surface area contributed by atoms with E-state index in [0.29, 0.717) is 0 Å². The van der Waals surface area contributed by atoms with Gasteiger partial charge in [-0.3, -0.25) is 0 Å². The molecule has 0 atom stereocenters. The average Bonchev–Trinajstić information content (AvgIpc) is 3.12. The van der Waals surface area contributed by atoms with Crippen molar-refractivity contribution in [3.05, 3.63) is 40.8 Å². The molecule has 4 nitrogen and oxygen atoms in total. The van der Waals surface area contributed by atoms with Crippen LogP contribution in [0.5, 0.6) is 0 Å². The number of pyridine rings is 1. The van der Waals surface area contributed by atoms with Gasteiger partial charge in [0, 0.05) is 24.5 Å². The largest absolute Gasteiger partial charge is 0.310 e. The van der Waals surface area contributed by atoms with E-state index in [-0.39, 0.29) is 0 Å². The average molecular weight is 256 g/mol. The van der Waals surface area contributed by atoms with Crippen LogP contribution in [0, 0.1) is 20.8 Å². The molecule has 0 radical (unpaired) electrons. The lowest BCUT2D eigenvalue weighted by Gasteiger charge is -2.09. The van der Waals surface area contributed by atoms with Gasteiger partial charge in [-0.2, -0.15) is 5.10 Å². The molecular weight excluding hydrogens is 236 g/mol. The molecular formula is C15H20N4. The van der Waals surface area contributed by atoms with Gasteiger partial charge in [-0.1, -0.05) is 0 Å². The fourth-order valence-corrected chi connectivity index (χ4v) is 2.34. The molecule has 0 amide bonds. The number of hydrogen-bond acceptors (Lipinski definition) is 3. The molecule has 100 valence electrons. The Kier molecular flexibility index (Phi) is 3.11. The summed E-state index contributed by atoms with van der Waals surface area (Å²) in [6.07, 6.45) is 4.58. The molecule has 0 unspecified atom stereocenters. The van der Waals surface area contributed by atoms with Crippen molar-refractivity contribution in [1.82, 2.24) is 20.1 Å². The predicted molar refractivity (Wildman–Crippen MR) is 75.4 cm³/mol. The highest BCUT2D eigenvalue weighted by molar-refractivity contribution is 5.36. The summed E-state index contributed by atoms with van der Waals surface area (Å²) >= 11 is 0. The second kappa shape index (κ2) is 4.78. The van der Waals surface area contributed by atoms with Gasteiger partial charge in [0.25, 0.3) is 0 Å². The first kappa shape index (κ1) is 12.4. The van der Waals surface area contributed by atoms with Crippen molar-refractivity contribution in [2.45, 2.75) is 46.2 Å². The zero-order valence-electron chi connectivity index (χ0n) is 11.8. The Morgan fingerprint density at radius 3 is 2.63 bits per heavy atom. The molecule has 0 aromatic carbocycles. The Balaban J connectivity index is 1.84. The van der Waals surface area contributed by atoms with E-state index in [1.54, 1.807) is 0 Å². The van der Waals surface area contributed by atoms with E-state index in [1.165, 1.54) is 24.0 Å². The number of hydrogen-bond donors (Lipinski definition) is 1. The summed E-state index contributed by atoms with van der Waals surface area (Å²) in [5, 5.41) is 8.01. The minimum Gasteiger partial charge on any atom is -0.310 e. The van der Waals surface area contributed by atoms with Crippen LogP contribution in [0.25, 0.3) is 5.82 Å². The first-order chi connectivity index (χ1) is 9.13. The summed E-state index contributed by atoms with van der Waals surface area (Å²) in [6, 6.07) is 5.01. The van der Waals surface area contributed by atoms with E-state index in [0.717, 1.165) is 29.8 Å². The number of nitrogens with one attached hydrogen (secondary N) is 1. The van der Waals surface area contributed by atoms with Crippen LogP contribution in [0.3, 0.4) is 0 Å². The first-order valence-corrected chi connectivity index (χ1v) is 6.86. The van der Waals surface area contributed by atoms with Crippen molar-refractivity contribution in [2.24, 2.45) is 0 Å². The predicted octanol–water partition coefficient (Wildman–Crippen LogP) is 2.44. The number of aromatic nitrogens is 3. The molecule has 0 saturated heterocycles. The fraction of sp³-hybridized carbons (Fsp3) is 0.467. The van der Waals surface area contributed by atoms with Gasteiger partial charge in [0.15, 0.2) is 5.82 Å². The quantitative estimate of drug-likeness (QED) is 0.913. The van der Waals surface area contributed by atoms with Crippen LogP contribution in [-0.2, 0) is 6.54 Å². The van der Waals surface area contributed by atoms with E-state index < -0.39 is 0 Å². The molecule has 19 heavy (non-hydrogen) atoms. The van der Waals surface area contributed by atoms with Crippen LogP contribution in [0.4, 0.5) is 0 Å². The fourth-order valence-electron chi connectivity index (χ4n) is 2.34. The van der Waals surface area contributed by atoms with Crippen molar-refractivity contribution in [3.8, 4) is 5.82 Å². The molecule has 1 fully saturated rings. The monoisotopic (exact) mass is 256 g/mol. The molecule has 2 heterocycles. The van der Waals surface area contributed by atoms with E-state index in [4.69, 9.17) is 0 Å². The molecule has 0 bridgehead atoms. The highest BCUT2D eigenvalue weighted by atomic mass is 15.3. The lowest BCUT2D eigenvalue weighted by atomic mass is 10.2. The van der Waals surface area contributed by atoms with Crippen LogP contribution in [0.1, 0.15) is 35.4 Å². The second-order valence-corrected chi connectivity index (χ2v) is 5.48. The third-order valence-corrected chi connectivity index (χ3v) is 3.49. The van der Waals surface area contributed by atoms with Crippen LogP contribution in [0.15, 0.2) is 18.3 Å². The van der Waals surface area contributed by atoms with Crippen molar-refractivity contribution in [2.75, 3.05) is 0 Å². The normalized spacial score (nSPS) is 14.9. The maximum absolute atomic E-state index is 4.58. The maximum Gasteiger partial charge on any atom is 0.156 e. The third kappa shape index (κ3) is 2.68. The standard InChI is InChI=1S/C15H20N4/c1-10-6-13(8-16-14-4-5-14)9-17-15(10)19-12(3)7-11(2)18-19/h6-7,9,14,16H,4-5,8H2,1-3H3. The molecule has 2 aromatic rings. The highest BCUT2D eigenvalue weighted by Gasteiger charge is 2.20. The van der Waals surface area contributed by atoms with Crippen molar-refractivity contribution >= 4 is 0 Å². The lowest BCUT2D eigenvalue weighted by Crippen LogP contribution is -2.16. The minimum absolute atomic E-state index is 0.732. The summed E-state index contributed by atoms with van der Waals surface area (Å²) in [5.74, 6) is 0.931. The number of aryl methyl sites for hydroxylation is 3. The van der Waals surface area contributed by atoms with Crippen LogP contribution in [0.2, 0.25) is 0 Å². The van der Waals surface area contributed by atoms with Gasteiger partial charge in [0.2, 0.25) is 0 Å². The molecule has 2 aromatic heterocycles. The topological polar surface area (TPSA) is 42.7 Å². The van der Waals surface area contributed by atoms with Gasteiger partial charge in [-0.05, 0) is 56.9 Å². The SMILES string of the molecule is Cc1cc(C)n(-c2ncc(CNC3CC3)cc2C)n1. The molecule has 1 N–H and O–H groups in total. The molecule has 3 rings (SSSR count). The maximum atomic E-state index is 4.58. The van der Waals surface area contributed by atoms with Gasteiger partial charge in [0.05, 0.1) is 5.69 Å². The van der Waals surface area contributed by atoms with E-state index in [2.05, 4.69) is 41.4 Å². The first-order valence-electron chi connectivity index (χ1n) is 6.86. The van der Waals surface area contributed by atoms with Crippen molar-refractivity contribution in [3.63, 3.8) is 0 Å². The van der Waals surface area contributed by atoms with Gasteiger partial charge < -0.3 is 5.32 Å². The summed E-state index contributed by atoms with van der Waals surface area (Å²) in [7, 11) is 0. The van der Waals surface area contributed by atoms with Crippen molar-refractivity contribution < 1.29 is 0 Å². The molecule has 1 saturated carbocycles. The van der Waals surface area contributed by atoms with E-state index in [1.807, 2.05) is 17.8 Å². The summed E-state index contributed by atoms with van der Waals surface area (Å²) < 4.78 is 1.92. The zero-order chi connectivity index (χ0) is 13.4. The van der Waals surface area contributed by atoms with Crippen LogP contribution >= 0.6 is 0 Å². The van der Waals surface area contributed by atoms with E-state index in [9.17, 15) is 0 Å². The smallest absolute Gasteiger partial charge is 0.156 e. The summed E-state index contributed by atoms with van der Waals surface area (Å²) in [6.45, 7) is 7.08. The summed E-state index contributed by atoms with van der Waals surface area (Å²) in [4.78, 5) is 4.58. The lowest BCUT2D eigenvalue weighted by molar-refractivity contribution is 0.683. The van der Waals surface area contributed by atoms with E-state index >= 15 is 0 Å². The Morgan fingerprint density at radius 2 is 2.05 bits per heavy atom. The van der Waals surface area contributed by atoms with Gasteiger partial charge in [0.1, 0.15) is 0 Å². The molecule has 0 spiro atoms. The molecule has 1 aliphatic carbocycles. The molecule has 4 heteroatoms. The number of nitrogens with zero attached hydrogens (tertiary/aromatic N) is 3. The highest BCUT2D eigenvalue weighted by Crippen LogP contribution is 2.20. The zero-order valence-corrected chi connectivity index (χ0v) is 11.8. The molecule has 1 aliphatic rings. The van der Waals surface area contributed by atoms with Gasteiger partial charge in [-0.15, -0.1) is 0 Å². The Hall–Kier alpha value is -1.68. The molecule has 0 aliphatic heterocycles. The third-order valence-electron chi connectivity index (χ3n) is 3.49. The second-order valence-electron chi connectivity index (χ2n) is 5.48. The Morgan fingerprint density at radius 1 is 1.26 bits per heavy atom. The van der Waals surface area contributed by atoms with Gasteiger partial charge >= 0.3 is 0 Å². The summed E-state index contributed by atoms with van der Waals surface area (Å²) in [5.41, 5.74) is 4.56. The van der Waals surface area contributed by atoms with Crippen LogP contribution < -0.4 is 5.32 Å². The Labute approximate surface area is 113 Å². The van der Waals surface area contributed by atoms with Crippen molar-refractivity contribution in [1.29, 1.82) is 0 Å². The Bertz CT molecular complexity index is 596. The van der Waals surface area contributed by atoms with Crippen LogP contribution in [-0.4, -0.2) is 20.8 Å².